The number of benzene rings is 1. The maximum absolute atomic E-state index is 13.5. The average molecular weight is 480 g/mol. The van der Waals surface area contributed by atoms with Gasteiger partial charge < -0.3 is 10.2 Å². The van der Waals surface area contributed by atoms with Crippen LogP contribution in [0.5, 0.6) is 0 Å². The van der Waals surface area contributed by atoms with Crippen LogP contribution in [-0.4, -0.2) is 36.2 Å². The molecule has 0 saturated carbocycles. The number of thiazole rings is 1. The van der Waals surface area contributed by atoms with Gasteiger partial charge >= 0.3 is 0 Å². The number of thioether (sulfide) groups is 1. The van der Waals surface area contributed by atoms with E-state index >= 15 is 0 Å². The molecule has 1 aromatic carbocycles. The number of aliphatic imine (C=N–C) groups is 1. The fraction of sp³-hybridized carbons (Fsp3) is 0.375. The minimum atomic E-state index is -0.221. The van der Waals surface area contributed by atoms with Crippen molar-refractivity contribution in [2.24, 2.45) is 4.99 Å². The number of rotatable bonds is 5. The van der Waals surface area contributed by atoms with Gasteiger partial charge in [0.15, 0.2) is 5.96 Å². The van der Waals surface area contributed by atoms with Gasteiger partial charge in [0, 0.05) is 30.9 Å². The molecule has 1 aromatic heterocycles. The second-order valence-corrected chi connectivity index (χ2v) is 6.98. The summed E-state index contributed by atoms with van der Waals surface area (Å²) in [5, 5.41) is 6.40. The van der Waals surface area contributed by atoms with Crippen LogP contribution in [0.2, 0.25) is 0 Å². The Labute approximate surface area is 168 Å². The fourth-order valence-electron chi connectivity index (χ4n) is 2.24. The highest BCUT2D eigenvalue weighted by molar-refractivity contribution is 14.0. The maximum atomic E-state index is 13.5. The molecule has 0 amide bonds. The topological polar surface area (TPSA) is 40.5 Å². The molecule has 4 nitrogen and oxygen atoms in total. The van der Waals surface area contributed by atoms with Crippen molar-refractivity contribution < 1.29 is 4.39 Å². The molecule has 0 unspecified atom stereocenters. The summed E-state index contributed by atoms with van der Waals surface area (Å²) in [7, 11) is 3.71. The highest BCUT2D eigenvalue weighted by Gasteiger charge is 2.10. The van der Waals surface area contributed by atoms with Crippen LogP contribution < -0.4 is 5.32 Å². The van der Waals surface area contributed by atoms with Gasteiger partial charge in [0.1, 0.15) is 5.82 Å². The van der Waals surface area contributed by atoms with E-state index in [1.807, 2.05) is 31.2 Å². The van der Waals surface area contributed by atoms with Gasteiger partial charge in [0.2, 0.25) is 0 Å². The van der Waals surface area contributed by atoms with Crippen LogP contribution in [0.15, 0.2) is 33.5 Å². The smallest absolute Gasteiger partial charge is 0.194 e. The van der Waals surface area contributed by atoms with Crippen molar-refractivity contribution in [3.05, 3.63) is 45.7 Å². The molecular formula is C16H22FIN4S2. The molecule has 1 N–H and O–H groups in total. The molecule has 0 aliphatic carbocycles. The summed E-state index contributed by atoms with van der Waals surface area (Å²) in [4.78, 5) is 11.8. The van der Waals surface area contributed by atoms with Gasteiger partial charge in [0.25, 0.3) is 0 Å². The zero-order valence-corrected chi connectivity index (χ0v) is 18.1. The standard InChI is InChI=1S/C16H21FN4S2.HI/c1-11-20-14(10-23-11)9-21(3)16(18-2)19-8-12-7-13(17)5-6-15(12)22-4;/h5-7,10H,8-9H2,1-4H3,(H,18,19);1H. The SMILES string of the molecule is CN=C(NCc1cc(F)ccc1SC)N(C)Cc1csc(C)n1.I. The molecule has 0 fully saturated rings. The number of nitrogens with zero attached hydrogens (tertiary/aromatic N) is 3. The Balaban J connectivity index is 0.00000288. The van der Waals surface area contributed by atoms with E-state index in [1.165, 1.54) is 6.07 Å². The first-order chi connectivity index (χ1) is 11.0. The van der Waals surface area contributed by atoms with Crippen LogP contribution in [-0.2, 0) is 13.1 Å². The molecule has 1 heterocycles. The Morgan fingerprint density at radius 3 is 2.79 bits per heavy atom. The molecule has 0 aliphatic heterocycles. The van der Waals surface area contributed by atoms with E-state index in [0.29, 0.717) is 13.1 Å². The summed E-state index contributed by atoms with van der Waals surface area (Å²) in [6.45, 7) is 3.21. The van der Waals surface area contributed by atoms with Gasteiger partial charge in [-0.1, -0.05) is 0 Å². The van der Waals surface area contributed by atoms with E-state index in [9.17, 15) is 4.39 Å². The van der Waals surface area contributed by atoms with Gasteiger partial charge in [-0.25, -0.2) is 9.37 Å². The Morgan fingerprint density at radius 1 is 1.46 bits per heavy atom. The Bertz CT molecular complexity index is 690. The van der Waals surface area contributed by atoms with E-state index in [0.717, 1.165) is 27.1 Å². The van der Waals surface area contributed by atoms with Crippen LogP contribution in [0.1, 0.15) is 16.3 Å². The Kier molecular flexibility index (Phi) is 8.99. The Morgan fingerprint density at radius 2 is 2.21 bits per heavy atom. The van der Waals surface area contributed by atoms with Gasteiger partial charge in [-0.2, -0.15) is 0 Å². The molecule has 0 aliphatic rings. The first kappa shape index (κ1) is 21.2. The second kappa shape index (κ2) is 10.2. The molecular weight excluding hydrogens is 458 g/mol. The summed E-state index contributed by atoms with van der Waals surface area (Å²) in [5.74, 6) is 0.535. The van der Waals surface area contributed by atoms with Gasteiger partial charge in [-0.15, -0.1) is 47.1 Å². The average Bonchev–Trinajstić information content (AvgIpc) is 2.93. The number of guanidine groups is 1. The lowest BCUT2D eigenvalue weighted by molar-refractivity contribution is 0.470. The van der Waals surface area contributed by atoms with E-state index in [-0.39, 0.29) is 29.8 Å². The maximum Gasteiger partial charge on any atom is 0.194 e. The van der Waals surface area contributed by atoms with Gasteiger partial charge in [-0.3, -0.25) is 4.99 Å². The second-order valence-electron chi connectivity index (χ2n) is 5.07. The highest BCUT2D eigenvalue weighted by Crippen LogP contribution is 2.21. The van der Waals surface area contributed by atoms with Crippen LogP contribution in [0, 0.1) is 12.7 Å². The van der Waals surface area contributed by atoms with Crippen LogP contribution >= 0.6 is 47.1 Å². The van der Waals surface area contributed by atoms with Crippen LogP contribution in [0.4, 0.5) is 4.39 Å². The van der Waals surface area contributed by atoms with Crippen molar-refractivity contribution in [3.63, 3.8) is 0 Å². The van der Waals surface area contributed by atoms with Crippen LogP contribution in [0.25, 0.3) is 0 Å². The number of halogens is 2. The van der Waals surface area contributed by atoms with E-state index < -0.39 is 0 Å². The fourth-order valence-corrected chi connectivity index (χ4v) is 3.44. The monoisotopic (exact) mass is 480 g/mol. The summed E-state index contributed by atoms with van der Waals surface area (Å²) in [5.41, 5.74) is 1.95. The predicted octanol–water partition coefficient (Wildman–Crippen LogP) is 4.14. The van der Waals surface area contributed by atoms with E-state index in [1.54, 1.807) is 36.2 Å². The van der Waals surface area contributed by atoms with Crippen molar-refractivity contribution in [2.45, 2.75) is 24.9 Å². The Hall–Kier alpha value is -0.870. The van der Waals surface area contributed by atoms with Crippen LogP contribution in [0.3, 0.4) is 0 Å². The molecule has 0 saturated heterocycles. The van der Waals surface area contributed by atoms with E-state index in [4.69, 9.17) is 0 Å². The molecule has 24 heavy (non-hydrogen) atoms. The number of aromatic nitrogens is 1. The molecule has 0 atom stereocenters. The predicted molar refractivity (Wildman–Crippen MR) is 112 cm³/mol. The third kappa shape index (κ3) is 5.89. The third-order valence-corrected chi connectivity index (χ3v) is 4.98. The molecule has 2 aromatic rings. The molecule has 2 rings (SSSR count). The lowest BCUT2D eigenvalue weighted by Crippen LogP contribution is -2.38. The summed E-state index contributed by atoms with van der Waals surface area (Å²) < 4.78 is 13.5. The summed E-state index contributed by atoms with van der Waals surface area (Å²) in [6, 6.07) is 4.86. The molecule has 0 radical (unpaired) electrons. The molecule has 0 bridgehead atoms. The first-order valence-electron chi connectivity index (χ1n) is 7.18. The number of nitrogens with one attached hydrogen (secondary N) is 1. The number of aryl methyl sites for hydroxylation is 1. The van der Waals surface area contributed by atoms with Gasteiger partial charge in [-0.05, 0) is 36.9 Å². The lowest BCUT2D eigenvalue weighted by Gasteiger charge is -2.21. The van der Waals surface area contributed by atoms with Crippen molar-refractivity contribution in [3.8, 4) is 0 Å². The molecule has 8 heteroatoms. The largest absolute Gasteiger partial charge is 0.352 e. The zero-order valence-electron chi connectivity index (χ0n) is 14.2. The zero-order chi connectivity index (χ0) is 16.8. The summed E-state index contributed by atoms with van der Waals surface area (Å²) >= 11 is 3.25. The lowest BCUT2D eigenvalue weighted by atomic mass is 10.2. The quantitative estimate of drug-likeness (QED) is 0.302. The van der Waals surface area contributed by atoms with Crippen molar-refractivity contribution in [1.29, 1.82) is 0 Å². The first-order valence-corrected chi connectivity index (χ1v) is 9.29. The molecule has 132 valence electrons. The van der Waals surface area contributed by atoms with Crippen molar-refractivity contribution >= 4 is 53.0 Å². The normalized spacial score (nSPS) is 11.1. The minimum Gasteiger partial charge on any atom is -0.352 e. The third-order valence-electron chi connectivity index (χ3n) is 3.32. The van der Waals surface area contributed by atoms with E-state index in [2.05, 4.69) is 20.7 Å². The summed E-state index contributed by atoms with van der Waals surface area (Å²) in [6.07, 6.45) is 1.99. The van der Waals surface area contributed by atoms with Gasteiger partial charge in [0.05, 0.1) is 17.2 Å². The number of hydrogen-bond donors (Lipinski definition) is 1. The minimum absolute atomic E-state index is 0. The highest BCUT2D eigenvalue weighted by atomic mass is 127. The van der Waals surface area contributed by atoms with Crippen molar-refractivity contribution in [1.82, 2.24) is 15.2 Å². The molecule has 0 spiro atoms. The van der Waals surface area contributed by atoms with Crippen molar-refractivity contribution in [2.75, 3.05) is 20.4 Å². The number of hydrogen-bond acceptors (Lipinski definition) is 4.